The van der Waals surface area contributed by atoms with Crippen molar-refractivity contribution in [2.45, 2.75) is 57.2 Å². The van der Waals surface area contributed by atoms with E-state index in [2.05, 4.69) is 50.8 Å². The van der Waals surface area contributed by atoms with Gasteiger partial charge in [0, 0.05) is 74.6 Å². The van der Waals surface area contributed by atoms with Crippen LogP contribution in [0.5, 0.6) is 0 Å². The van der Waals surface area contributed by atoms with Crippen LogP contribution in [0, 0.1) is 11.6 Å². The van der Waals surface area contributed by atoms with Crippen LogP contribution in [-0.4, -0.2) is 70.3 Å². The number of halogens is 2. The molecular weight excluding hydrogens is 478 g/mol. The van der Waals surface area contributed by atoms with Crippen LogP contribution < -0.4 is 15.5 Å². The summed E-state index contributed by atoms with van der Waals surface area (Å²) >= 11 is 0. The molecular formula is C26H34F2N8O. The number of nitrogens with zero attached hydrogens (tertiary/aromatic N) is 7. The van der Waals surface area contributed by atoms with Gasteiger partial charge in [-0.2, -0.15) is 4.98 Å². The largest absolute Gasteiger partial charge is 0.339 e. The lowest BCUT2D eigenvalue weighted by atomic mass is 9.94. The summed E-state index contributed by atoms with van der Waals surface area (Å²) in [6, 6.07) is 4.22. The Labute approximate surface area is 215 Å². The highest BCUT2D eigenvalue weighted by atomic mass is 19.1. The lowest BCUT2D eigenvalue weighted by Gasteiger charge is -2.35. The molecule has 0 radical (unpaired) electrons. The second-order valence-corrected chi connectivity index (χ2v) is 10.5. The molecule has 2 aromatic heterocycles. The highest BCUT2D eigenvalue weighted by Gasteiger charge is 2.34. The minimum atomic E-state index is -0.465. The van der Waals surface area contributed by atoms with Crippen LogP contribution >= 0.6 is 0 Å². The average Bonchev–Trinajstić information content (AvgIpc) is 3.54. The third-order valence-electron chi connectivity index (χ3n) is 7.43. The molecule has 2 aliphatic rings. The number of hydrogen-bond donors (Lipinski definition) is 1. The second kappa shape index (κ2) is 10.7. The topological polar surface area (TPSA) is 100 Å². The van der Waals surface area contributed by atoms with Crippen molar-refractivity contribution in [3.8, 4) is 0 Å². The van der Waals surface area contributed by atoms with Gasteiger partial charge in [0.05, 0.1) is 0 Å². The number of hydrogen-bond acceptors (Lipinski definition) is 9. The molecule has 2 saturated heterocycles. The Morgan fingerprint density at radius 3 is 2.51 bits per heavy atom. The molecule has 0 bridgehead atoms. The molecule has 11 heteroatoms. The second-order valence-electron chi connectivity index (χ2n) is 10.5. The quantitative estimate of drug-likeness (QED) is 0.511. The van der Waals surface area contributed by atoms with E-state index in [1.54, 1.807) is 0 Å². The van der Waals surface area contributed by atoms with E-state index in [1.807, 2.05) is 17.3 Å². The first-order valence-electron chi connectivity index (χ1n) is 12.8. The number of anilines is 2. The number of rotatable bonds is 7. The zero-order chi connectivity index (χ0) is 26.1. The number of aromatic nitrogens is 4. The van der Waals surface area contributed by atoms with Crippen molar-refractivity contribution in [3.63, 3.8) is 0 Å². The van der Waals surface area contributed by atoms with Crippen LogP contribution in [0.3, 0.4) is 0 Å². The molecule has 0 aliphatic carbocycles. The molecule has 2 aliphatic heterocycles. The van der Waals surface area contributed by atoms with E-state index in [-0.39, 0.29) is 17.9 Å². The molecule has 37 heavy (non-hydrogen) atoms. The summed E-state index contributed by atoms with van der Waals surface area (Å²) in [6.07, 6.45) is 5.67. The highest BCUT2D eigenvalue weighted by Crippen LogP contribution is 2.31. The Morgan fingerprint density at radius 2 is 1.84 bits per heavy atom. The van der Waals surface area contributed by atoms with Gasteiger partial charge in [-0.05, 0) is 43.7 Å². The predicted octanol–water partition coefficient (Wildman–Crippen LogP) is 3.29. The van der Waals surface area contributed by atoms with Crippen LogP contribution in [0.15, 0.2) is 35.1 Å². The highest BCUT2D eigenvalue weighted by molar-refractivity contribution is 5.38. The first-order valence-corrected chi connectivity index (χ1v) is 12.8. The molecule has 5 rings (SSSR count). The lowest BCUT2D eigenvalue weighted by Crippen LogP contribution is -2.43. The third kappa shape index (κ3) is 5.57. The molecule has 2 N–H and O–H groups in total. The molecule has 2 fully saturated rings. The smallest absolute Gasteiger partial charge is 0.324 e. The molecule has 3 aromatic rings. The van der Waals surface area contributed by atoms with Gasteiger partial charge >= 0.3 is 6.01 Å². The van der Waals surface area contributed by atoms with Gasteiger partial charge in [0.2, 0.25) is 5.95 Å². The SMILES string of the molecule is CC(C)c1noc(N2CCC(N(C)Cc3cnc(N4CC(N)[C@@H](c5cc(F)ccc5F)C4)nc3)CC2)n1. The maximum absolute atomic E-state index is 14.3. The zero-order valence-corrected chi connectivity index (χ0v) is 21.5. The zero-order valence-electron chi connectivity index (χ0n) is 21.5. The first kappa shape index (κ1) is 25.5. The Hall–Kier alpha value is -3.18. The van der Waals surface area contributed by atoms with Crippen LogP contribution in [-0.2, 0) is 6.54 Å². The van der Waals surface area contributed by atoms with Crippen molar-refractivity contribution < 1.29 is 13.3 Å². The molecule has 2 atom stereocenters. The first-order chi connectivity index (χ1) is 17.8. The van der Waals surface area contributed by atoms with Crippen molar-refractivity contribution in [1.82, 2.24) is 25.0 Å². The van der Waals surface area contributed by atoms with Gasteiger partial charge in [0.15, 0.2) is 5.82 Å². The Morgan fingerprint density at radius 1 is 1.11 bits per heavy atom. The summed E-state index contributed by atoms with van der Waals surface area (Å²) in [5, 5.41) is 4.07. The fraction of sp³-hybridized carbons (Fsp3) is 0.538. The monoisotopic (exact) mass is 512 g/mol. The van der Waals surface area contributed by atoms with Crippen molar-refractivity contribution in [2.24, 2.45) is 5.73 Å². The maximum atomic E-state index is 14.3. The van der Waals surface area contributed by atoms with E-state index >= 15 is 0 Å². The van der Waals surface area contributed by atoms with Crippen LogP contribution in [0.1, 0.15) is 55.5 Å². The van der Waals surface area contributed by atoms with E-state index in [1.165, 1.54) is 6.07 Å². The van der Waals surface area contributed by atoms with E-state index in [0.717, 1.165) is 56.0 Å². The predicted molar refractivity (Wildman–Crippen MR) is 136 cm³/mol. The van der Waals surface area contributed by atoms with Gasteiger partial charge in [0.25, 0.3) is 0 Å². The average molecular weight is 513 g/mol. The van der Waals surface area contributed by atoms with Crippen LogP contribution in [0.25, 0.3) is 0 Å². The van der Waals surface area contributed by atoms with Crippen molar-refractivity contribution in [1.29, 1.82) is 0 Å². The van der Waals surface area contributed by atoms with Crippen molar-refractivity contribution >= 4 is 12.0 Å². The van der Waals surface area contributed by atoms with Gasteiger partial charge < -0.3 is 20.1 Å². The standard InChI is InChI=1S/C26H34F2N8O/c1-16(2)24-32-26(37-33-24)35-8-6-19(7-9-35)34(3)13-17-11-30-25(31-12-17)36-14-21(23(29)15-36)20-10-18(27)4-5-22(20)28/h4-5,10-12,16,19,21,23H,6-9,13-15,29H2,1-3H3/t21-,23?/m1/s1. The number of nitrogens with two attached hydrogens (primary N) is 1. The fourth-order valence-corrected chi connectivity index (χ4v) is 5.22. The van der Waals surface area contributed by atoms with Gasteiger partial charge in [-0.3, -0.25) is 4.90 Å². The molecule has 198 valence electrons. The Balaban J connectivity index is 1.15. The maximum Gasteiger partial charge on any atom is 0.324 e. The summed E-state index contributed by atoms with van der Waals surface area (Å²) in [5.41, 5.74) is 7.61. The third-order valence-corrected chi connectivity index (χ3v) is 7.43. The molecule has 4 heterocycles. The summed E-state index contributed by atoms with van der Waals surface area (Å²) < 4.78 is 33.4. The van der Waals surface area contributed by atoms with E-state index < -0.39 is 11.6 Å². The van der Waals surface area contributed by atoms with Crippen molar-refractivity contribution in [2.75, 3.05) is 43.0 Å². The van der Waals surface area contributed by atoms with Gasteiger partial charge in [-0.25, -0.2) is 18.7 Å². The lowest BCUT2D eigenvalue weighted by molar-refractivity contribution is 0.197. The molecule has 1 unspecified atom stereocenters. The van der Waals surface area contributed by atoms with Crippen LogP contribution in [0.4, 0.5) is 20.7 Å². The van der Waals surface area contributed by atoms with Crippen molar-refractivity contribution in [3.05, 3.63) is 59.2 Å². The summed E-state index contributed by atoms with van der Waals surface area (Å²) in [7, 11) is 2.12. The van der Waals surface area contributed by atoms with Crippen LogP contribution in [0.2, 0.25) is 0 Å². The minimum absolute atomic E-state index is 0.245. The molecule has 1 aromatic carbocycles. The van der Waals surface area contributed by atoms with E-state index in [4.69, 9.17) is 10.3 Å². The Bertz CT molecular complexity index is 1200. The number of piperidine rings is 1. The summed E-state index contributed by atoms with van der Waals surface area (Å²) in [4.78, 5) is 20.1. The number of benzene rings is 1. The molecule has 0 saturated carbocycles. The normalized spacial score (nSPS) is 21.0. The van der Waals surface area contributed by atoms with Gasteiger partial charge in [0.1, 0.15) is 11.6 Å². The molecule has 0 spiro atoms. The van der Waals surface area contributed by atoms with Gasteiger partial charge in [-0.1, -0.05) is 19.0 Å². The summed E-state index contributed by atoms with van der Waals surface area (Å²) in [6.45, 7) is 7.50. The molecule has 0 amide bonds. The summed E-state index contributed by atoms with van der Waals surface area (Å²) in [5.74, 6) is 0.313. The van der Waals surface area contributed by atoms with E-state index in [0.29, 0.717) is 36.7 Å². The van der Waals surface area contributed by atoms with E-state index in [9.17, 15) is 8.78 Å². The minimum Gasteiger partial charge on any atom is -0.339 e. The molecule has 9 nitrogen and oxygen atoms in total. The fourth-order valence-electron chi connectivity index (χ4n) is 5.22. The Kier molecular flexibility index (Phi) is 7.34. The van der Waals surface area contributed by atoms with Gasteiger partial charge in [-0.15, -0.1) is 0 Å².